The molecule has 0 bridgehead atoms. The summed E-state index contributed by atoms with van der Waals surface area (Å²) in [5, 5.41) is 11.2. The lowest BCUT2D eigenvalue weighted by Gasteiger charge is -2.23. The Balaban J connectivity index is 1.66. The fourth-order valence-electron chi connectivity index (χ4n) is 4.04. The number of nitrogens with zero attached hydrogens (tertiary/aromatic N) is 2. The number of thioether (sulfide) groups is 1. The third kappa shape index (κ3) is 5.46. The van der Waals surface area contributed by atoms with Crippen LogP contribution in [0.1, 0.15) is 17.3 Å². The number of aromatic hydroxyl groups is 1. The lowest BCUT2D eigenvalue weighted by Crippen LogP contribution is -2.33. The molecule has 0 aliphatic carbocycles. The third-order valence-electron chi connectivity index (χ3n) is 5.58. The number of para-hydroxylation sites is 1. The summed E-state index contributed by atoms with van der Waals surface area (Å²) in [6, 6.07) is 18.9. The maximum absolute atomic E-state index is 12.8. The van der Waals surface area contributed by atoms with Crippen LogP contribution in [-0.2, 0) is 11.3 Å². The molecule has 4 rings (SSSR count). The van der Waals surface area contributed by atoms with Crippen LogP contribution in [-0.4, -0.2) is 33.8 Å². The second kappa shape index (κ2) is 10.2. The van der Waals surface area contributed by atoms with Gasteiger partial charge in [-0.1, -0.05) is 42.1 Å². The van der Waals surface area contributed by atoms with Gasteiger partial charge in [-0.15, -0.1) is 0 Å². The number of nitrogens with two attached hydrogens (primary N) is 1. The predicted molar refractivity (Wildman–Crippen MR) is 134 cm³/mol. The zero-order chi connectivity index (χ0) is 25.1. The number of phenolic OH excluding ortho intramolecular Hbond substituents is 1. The molecule has 0 radical (unpaired) electrons. The number of primary amides is 1. The first kappa shape index (κ1) is 24.3. The van der Waals surface area contributed by atoms with E-state index in [4.69, 9.17) is 5.73 Å². The number of phenols is 1. The highest BCUT2D eigenvalue weighted by Gasteiger charge is 2.17. The Hall–Kier alpha value is -3.85. The molecular formula is C26H23F2N3O3S. The Labute approximate surface area is 205 Å². The molecule has 35 heavy (non-hydrogen) atoms. The Morgan fingerprint density at radius 3 is 2.46 bits per heavy atom. The minimum atomic E-state index is -2.56. The molecule has 3 aromatic carbocycles. The number of hydrogen-bond donors (Lipinski definition) is 2. The summed E-state index contributed by atoms with van der Waals surface area (Å²) in [6.07, 6.45) is 1.76. The van der Waals surface area contributed by atoms with Crippen molar-refractivity contribution in [3.8, 4) is 16.9 Å². The van der Waals surface area contributed by atoms with E-state index in [1.54, 1.807) is 39.9 Å². The van der Waals surface area contributed by atoms with Gasteiger partial charge in [-0.05, 0) is 47.5 Å². The van der Waals surface area contributed by atoms with Crippen molar-refractivity contribution < 1.29 is 23.5 Å². The van der Waals surface area contributed by atoms with Crippen LogP contribution in [0.2, 0.25) is 0 Å². The van der Waals surface area contributed by atoms with Gasteiger partial charge in [0, 0.05) is 41.2 Å². The molecule has 3 N–H and O–H groups in total. The lowest BCUT2D eigenvalue weighted by molar-refractivity contribution is -0.116. The quantitative estimate of drug-likeness (QED) is 0.316. The van der Waals surface area contributed by atoms with Gasteiger partial charge >= 0.3 is 0 Å². The molecule has 0 fully saturated rings. The van der Waals surface area contributed by atoms with Gasteiger partial charge in [0.25, 0.3) is 5.76 Å². The summed E-state index contributed by atoms with van der Waals surface area (Å²) < 4.78 is 27.1. The zero-order valence-corrected chi connectivity index (χ0v) is 19.6. The minimum absolute atomic E-state index is 0.0256. The van der Waals surface area contributed by atoms with Crippen LogP contribution in [0.25, 0.3) is 22.0 Å². The number of halogens is 2. The summed E-state index contributed by atoms with van der Waals surface area (Å²) in [7, 11) is 0. The van der Waals surface area contributed by atoms with Crippen molar-refractivity contribution >= 4 is 40.2 Å². The highest BCUT2D eigenvalue weighted by molar-refractivity contribution is 7.99. The molecule has 0 aliphatic rings. The van der Waals surface area contributed by atoms with Gasteiger partial charge in [-0.25, -0.2) is 0 Å². The van der Waals surface area contributed by atoms with Gasteiger partial charge in [0.1, 0.15) is 5.75 Å². The van der Waals surface area contributed by atoms with E-state index in [2.05, 4.69) is 0 Å². The van der Waals surface area contributed by atoms with Crippen molar-refractivity contribution in [2.24, 2.45) is 5.73 Å². The van der Waals surface area contributed by atoms with Crippen LogP contribution >= 0.6 is 11.8 Å². The largest absolute Gasteiger partial charge is 0.507 e. The number of carbonyl (C=O) groups excluding carboxylic acids is 2. The minimum Gasteiger partial charge on any atom is -0.507 e. The lowest BCUT2D eigenvalue weighted by atomic mass is 10.0. The summed E-state index contributed by atoms with van der Waals surface area (Å²) in [5.74, 6) is -3.22. The van der Waals surface area contributed by atoms with Crippen LogP contribution in [0, 0.1) is 0 Å². The standard InChI is InChI=1S/C26H23F2N3O3S/c1-16(32)31-14-18(21-4-2-3-5-23(21)31)13-30(15-25(29)34)19-8-6-17(7-9-19)22-12-20(35-26(27)28)10-11-24(22)33/h2-12,14,26,33H,13,15H2,1H3,(H2,29,34). The molecule has 0 aliphatic heterocycles. The van der Waals surface area contributed by atoms with Gasteiger partial charge < -0.3 is 15.7 Å². The van der Waals surface area contributed by atoms with Gasteiger partial charge in [0.2, 0.25) is 11.8 Å². The van der Waals surface area contributed by atoms with Crippen LogP contribution in [0.3, 0.4) is 0 Å². The second-order valence-electron chi connectivity index (χ2n) is 7.99. The summed E-state index contributed by atoms with van der Waals surface area (Å²) in [5.41, 5.74) is 8.90. The average Bonchev–Trinajstić information content (AvgIpc) is 3.18. The fraction of sp³-hybridized carbons (Fsp3) is 0.154. The van der Waals surface area contributed by atoms with Crippen molar-refractivity contribution in [3.63, 3.8) is 0 Å². The number of benzene rings is 3. The van der Waals surface area contributed by atoms with E-state index in [9.17, 15) is 23.5 Å². The van der Waals surface area contributed by atoms with Crippen molar-refractivity contribution in [1.82, 2.24) is 4.57 Å². The molecule has 0 atom stereocenters. The molecule has 0 saturated heterocycles. The van der Waals surface area contributed by atoms with E-state index in [1.807, 2.05) is 24.3 Å². The first-order chi connectivity index (χ1) is 16.7. The van der Waals surface area contributed by atoms with Crippen molar-refractivity contribution in [2.45, 2.75) is 24.1 Å². The Bertz CT molecular complexity index is 1390. The van der Waals surface area contributed by atoms with Crippen LogP contribution in [0.15, 0.2) is 77.8 Å². The molecule has 180 valence electrons. The van der Waals surface area contributed by atoms with E-state index < -0.39 is 11.7 Å². The van der Waals surface area contributed by atoms with E-state index in [0.717, 1.165) is 16.5 Å². The molecule has 1 heterocycles. The van der Waals surface area contributed by atoms with Gasteiger partial charge in [-0.2, -0.15) is 8.78 Å². The van der Waals surface area contributed by atoms with E-state index >= 15 is 0 Å². The molecule has 6 nitrogen and oxygen atoms in total. The first-order valence-corrected chi connectivity index (χ1v) is 11.6. The first-order valence-electron chi connectivity index (χ1n) is 10.7. The summed E-state index contributed by atoms with van der Waals surface area (Å²) >= 11 is 0.407. The highest BCUT2D eigenvalue weighted by atomic mass is 32.2. The van der Waals surface area contributed by atoms with Gasteiger partial charge in [-0.3, -0.25) is 14.2 Å². The molecule has 1 aromatic heterocycles. The number of amides is 1. The second-order valence-corrected chi connectivity index (χ2v) is 9.05. The zero-order valence-electron chi connectivity index (χ0n) is 18.8. The molecule has 0 spiro atoms. The number of hydrogen-bond acceptors (Lipinski definition) is 5. The van der Waals surface area contributed by atoms with Crippen molar-refractivity contribution in [2.75, 3.05) is 11.4 Å². The number of aromatic nitrogens is 1. The molecule has 0 unspecified atom stereocenters. The van der Waals surface area contributed by atoms with Crippen LogP contribution in [0.5, 0.6) is 5.75 Å². The van der Waals surface area contributed by atoms with Crippen LogP contribution in [0.4, 0.5) is 14.5 Å². The molecular weight excluding hydrogens is 472 g/mol. The Morgan fingerprint density at radius 1 is 1.09 bits per heavy atom. The van der Waals surface area contributed by atoms with E-state index in [1.165, 1.54) is 25.1 Å². The van der Waals surface area contributed by atoms with Gasteiger partial charge in [0.15, 0.2) is 0 Å². The monoisotopic (exact) mass is 495 g/mol. The smallest absolute Gasteiger partial charge is 0.288 e. The van der Waals surface area contributed by atoms with Crippen molar-refractivity contribution in [3.05, 3.63) is 78.5 Å². The summed E-state index contributed by atoms with van der Waals surface area (Å²) in [4.78, 5) is 26.1. The highest BCUT2D eigenvalue weighted by Crippen LogP contribution is 2.36. The SMILES string of the molecule is CC(=O)n1cc(CN(CC(N)=O)c2ccc(-c3cc(SC(F)F)ccc3O)cc2)c2ccccc21. The number of carbonyl (C=O) groups is 2. The Kier molecular flexibility index (Phi) is 7.07. The topological polar surface area (TPSA) is 88.6 Å². The predicted octanol–water partition coefficient (Wildman–Crippen LogP) is 5.48. The molecule has 9 heteroatoms. The summed E-state index contributed by atoms with van der Waals surface area (Å²) in [6.45, 7) is 1.76. The van der Waals surface area contributed by atoms with Gasteiger partial charge in [0.05, 0.1) is 12.1 Å². The Morgan fingerprint density at radius 2 is 1.80 bits per heavy atom. The third-order valence-corrected chi connectivity index (χ3v) is 6.28. The molecule has 4 aromatic rings. The van der Waals surface area contributed by atoms with Crippen molar-refractivity contribution in [1.29, 1.82) is 0 Å². The maximum atomic E-state index is 12.8. The number of rotatable bonds is 8. The van der Waals surface area contributed by atoms with E-state index in [0.29, 0.717) is 40.0 Å². The normalized spacial score (nSPS) is 11.2. The maximum Gasteiger partial charge on any atom is 0.288 e. The molecule has 1 amide bonds. The fourth-order valence-corrected chi connectivity index (χ4v) is 4.58. The van der Waals surface area contributed by atoms with E-state index in [-0.39, 0.29) is 18.2 Å². The molecule has 0 saturated carbocycles. The number of anilines is 1. The number of fused-ring (bicyclic) bond motifs is 1. The number of alkyl halides is 2. The van der Waals surface area contributed by atoms with Crippen LogP contribution < -0.4 is 10.6 Å². The average molecular weight is 496 g/mol.